The van der Waals surface area contributed by atoms with Crippen LogP contribution < -0.4 is 5.11 Å². The lowest BCUT2D eigenvalue weighted by Crippen LogP contribution is -2.29. The third-order valence-corrected chi connectivity index (χ3v) is 3.99. The number of rotatable bonds is 5. The van der Waals surface area contributed by atoms with Crippen molar-refractivity contribution in [3.05, 3.63) is 53.1 Å². The Bertz CT molecular complexity index is 824. The number of hydrogen-bond acceptors (Lipinski definition) is 6. The van der Waals surface area contributed by atoms with E-state index in [0.29, 0.717) is 18.6 Å². The van der Waals surface area contributed by atoms with Gasteiger partial charge >= 0.3 is 5.97 Å². The molecule has 1 aromatic carbocycles. The highest BCUT2D eigenvalue weighted by Gasteiger charge is 2.33. The summed E-state index contributed by atoms with van der Waals surface area (Å²) >= 11 is 0. The van der Waals surface area contributed by atoms with E-state index in [2.05, 4.69) is 4.98 Å². The molecular weight excluding hydrogens is 312 g/mol. The van der Waals surface area contributed by atoms with Crippen LogP contribution in [0.1, 0.15) is 45.1 Å². The predicted molar refractivity (Wildman–Crippen MR) is 80.4 cm³/mol. The fourth-order valence-electron chi connectivity index (χ4n) is 2.97. The maximum absolute atomic E-state index is 12.6. The molecule has 0 radical (unpaired) electrons. The largest absolute Gasteiger partial charge is 0.542 e. The number of hydrogen-bond donors (Lipinski definition) is 0. The number of aromatic nitrogens is 2. The lowest BCUT2D eigenvalue weighted by atomic mass is 10.0. The Labute approximate surface area is 137 Å². The van der Waals surface area contributed by atoms with Crippen molar-refractivity contribution in [1.29, 1.82) is 0 Å². The molecule has 24 heavy (non-hydrogen) atoms. The summed E-state index contributed by atoms with van der Waals surface area (Å²) < 4.78 is 6.24. The van der Waals surface area contributed by atoms with Gasteiger partial charge in [-0.15, -0.1) is 0 Å². The van der Waals surface area contributed by atoms with Crippen LogP contribution >= 0.6 is 0 Å². The Morgan fingerprint density at radius 2 is 2.21 bits per heavy atom. The van der Waals surface area contributed by atoms with Crippen LogP contribution in [0.3, 0.4) is 0 Å². The van der Waals surface area contributed by atoms with Crippen LogP contribution in [-0.4, -0.2) is 33.9 Å². The molecule has 3 rings (SSSR count). The van der Waals surface area contributed by atoms with Gasteiger partial charge in [0, 0.05) is 24.4 Å². The predicted octanol–water partition coefficient (Wildman–Crippen LogP) is 0.332. The number of fused-ring (bicyclic) bond motifs is 1. The number of ketones is 1. The zero-order chi connectivity index (χ0) is 17.3. The van der Waals surface area contributed by atoms with E-state index >= 15 is 0 Å². The molecule has 0 fully saturated rings. The molecule has 0 aliphatic heterocycles. The van der Waals surface area contributed by atoms with Crippen LogP contribution in [0.4, 0.5) is 0 Å². The second-order valence-corrected chi connectivity index (χ2v) is 5.50. The van der Waals surface area contributed by atoms with Crippen LogP contribution in [0.25, 0.3) is 0 Å². The zero-order valence-electron chi connectivity index (χ0n) is 13.0. The van der Waals surface area contributed by atoms with Crippen LogP contribution in [0.5, 0.6) is 0 Å². The molecule has 1 aliphatic rings. The van der Waals surface area contributed by atoms with E-state index in [4.69, 9.17) is 4.74 Å². The molecule has 0 saturated carbocycles. The summed E-state index contributed by atoms with van der Waals surface area (Å²) in [5, 5.41) is 11.1. The maximum Gasteiger partial charge on any atom is 0.310 e. The normalized spacial score (nSPS) is 16.0. The fraction of sp³-hybridized carbons (Fsp3) is 0.294. The molecule has 1 atom stereocenters. The lowest BCUT2D eigenvalue weighted by Gasteiger charge is -2.14. The molecule has 1 aliphatic carbocycles. The van der Waals surface area contributed by atoms with Crippen molar-refractivity contribution in [2.75, 3.05) is 6.61 Å². The maximum atomic E-state index is 12.6. The zero-order valence-corrected chi connectivity index (χ0v) is 13.0. The Balaban J connectivity index is 1.86. The van der Waals surface area contributed by atoms with Crippen molar-refractivity contribution < 1.29 is 24.2 Å². The summed E-state index contributed by atoms with van der Waals surface area (Å²) in [7, 11) is 0. The van der Waals surface area contributed by atoms with Gasteiger partial charge in [0.2, 0.25) is 0 Å². The number of carboxylic acids is 1. The van der Waals surface area contributed by atoms with Crippen molar-refractivity contribution in [2.45, 2.75) is 25.8 Å². The molecule has 0 N–H and O–H groups in total. The van der Waals surface area contributed by atoms with E-state index in [1.165, 1.54) is 17.0 Å². The van der Waals surface area contributed by atoms with Gasteiger partial charge in [0.1, 0.15) is 12.0 Å². The number of carbonyl (C=O) groups excluding carboxylic acids is 3. The second-order valence-electron chi connectivity index (χ2n) is 5.50. The first-order chi connectivity index (χ1) is 11.5. The molecule has 0 amide bonds. The summed E-state index contributed by atoms with van der Waals surface area (Å²) in [6, 6.07) is 4.51. The fourth-order valence-corrected chi connectivity index (χ4v) is 2.97. The molecule has 1 heterocycles. The van der Waals surface area contributed by atoms with Crippen LogP contribution in [-0.2, 0) is 22.4 Å². The number of benzene rings is 1. The summed E-state index contributed by atoms with van der Waals surface area (Å²) in [5.74, 6) is -2.19. The number of aromatic carboxylic acids is 1. The van der Waals surface area contributed by atoms with Gasteiger partial charge in [-0.05, 0) is 18.1 Å². The number of nitrogens with zero attached hydrogens (tertiary/aromatic N) is 2. The highest BCUT2D eigenvalue weighted by atomic mass is 16.5. The van der Waals surface area contributed by atoms with E-state index in [1.54, 1.807) is 25.1 Å². The smallest absolute Gasteiger partial charge is 0.310 e. The van der Waals surface area contributed by atoms with Crippen LogP contribution in [0.15, 0.2) is 30.6 Å². The quantitative estimate of drug-likeness (QED) is 0.734. The Morgan fingerprint density at radius 3 is 2.92 bits per heavy atom. The molecule has 124 valence electrons. The minimum absolute atomic E-state index is 0.134. The summed E-state index contributed by atoms with van der Waals surface area (Å²) in [5.41, 5.74) is 2.07. The van der Waals surface area contributed by atoms with E-state index in [9.17, 15) is 19.5 Å². The number of carbonyl (C=O) groups is 3. The Hall–Kier alpha value is -2.96. The van der Waals surface area contributed by atoms with Gasteiger partial charge in [-0.3, -0.25) is 9.59 Å². The van der Waals surface area contributed by atoms with Gasteiger partial charge in [-0.2, -0.15) is 0 Å². The molecule has 1 unspecified atom stereocenters. The van der Waals surface area contributed by atoms with Gasteiger partial charge in [0.05, 0.1) is 13.0 Å². The first-order valence-electron chi connectivity index (χ1n) is 7.57. The van der Waals surface area contributed by atoms with Crippen molar-refractivity contribution in [3.63, 3.8) is 0 Å². The van der Waals surface area contributed by atoms with Gasteiger partial charge < -0.3 is 19.2 Å². The van der Waals surface area contributed by atoms with E-state index in [0.717, 1.165) is 11.1 Å². The SMILES string of the molecule is CCOC(=O)Cc1ccc2c(c1)CC(n1ccnc1C(=O)[O-])C2=O. The molecule has 1 aromatic heterocycles. The number of esters is 1. The van der Waals surface area contributed by atoms with Crippen molar-refractivity contribution in [1.82, 2.24) is 9.55 Å². The average Bonchev–Trinajstić information content (AvgIpc) is 3.12. The van der Waals surface area contributed by atoms with Gasteiger partial charge in [0.15, 0.2) is 11.6 Å². The van der Waals surface area contributed by atoms with E-state index < -0.39 is 12.0 Å². The third kappa shape index (κ3) is 2.80. The average molecular weight is 327 g/mol. The van der Waals surface area contributed by atoms with E-state index in [1.807, 2.05) is 0 Å². The second kappa shape index (κ2) is 6.27. The van der Waals surface area contributed by atoms with Crippen molar-refractivity contribution in [2.24, 2.45) is 0 Å². The molecule has 7 heteroatoms. The summed E-state index contributed by atoms with van der Waals surface area (Å²) in [6.45, 7) is 2.06. The first kappa shape index (κ1) is 15.9. The highest BCUT2D eigenvalue weighted by molar-refractivity contribution is 6.04. The minimum atomic E-state index is -1.42. The van der Waals surface area contributed by atoms with Gasteiger partial charge in [0.25, 0.3) is 0 Å². The molecule has 7 nitrogen and oxygen atoms in total. The van der Waals surface area contributed by atoms with E-state index in [-0.39, 0.29) is 24.0 Å². The monoisotopic (exact) mass is 327 g/mol. The first-order valence-corrected chi connectivity index (χ1v) is 7.57. The highest BCUT2D eigenvalue weighted by Crippen LogP contribution is 2.31. The number of imidazole rings is 1. The topological polar surface area (TPSA) is 101 Å². The summed E-state index contributed by atoms with van der Waals surface area (Å²) in [4.78, 5) is 38.9. The number of Topliss-reactive ketones (excluding diaryl/α,β-unsaturated/α-hetero) is 1. The molecule has 0 saturated heterocycles. The number of carboxylic acid groups (broad SMARTS) is 1. The molecular formula is C17H15N2O5-. The van der Waals surface area contributed by atoms with Crippen molar-refractivity contribution >= 4 is 17.7 Å². The standard InChI is InChI=1S/C17H16N2O5/c1-2-24-14(20)8-10-3-4-12-11(7-10)9-13(15(12)21)19-6-5-18-16(19)17(22)23/h3-7,13H,2,8-9H2,1H3,(H,22,23)/p-1. The Morgan fingerprint density at radius 1 is 1.42 bits per heavy atom. The van der Waals surface area contributed by atoms with Crippen molar-refractivity contribution in [3.8, 4) is 0 Å². The number of ether oxygens (including phenoxy) is 1. The minimum Gasteiger partial charge on any atom is -0.542 e. The summed E-state index contributed by atoms with van der Waals surface area (Å²) in [6.07, 6.45) is 3.27. The van der Waals surface area contributed by atoms with Crippen LogP contribution in [0.2, 0.25) is 0 Å². The Kier molecular flexibility index (Phi) is 4.16. The third-order valence-electron chi connectivity index (χ3n) is 3.99. The molecule has 2 aromatic rings. The van der Waals surface area contributed by atoms with Crippen LogP contribution in [0, 0.1) is 0 Å². The lowest BCUT2D eigenvalue weighted by molar-refractivity contribution is -0.256. The molecule has 0 bridgehead atoms. The van der Waals surface area contributed by atoms with Gasteiger partial charge in [-0.1, -0.05) is 18.2 Å². The van der Waals surface area contributed by atoms with Gasteiger partial charge in [-0.25, -0.2) is 4.98 Å². The molecule has 0 spiro atoms.